The summed E-state index contributed by atoms with van der Waals surface area (Å²) in [6.45, 7) is 0. The monoisotopic (exact) mass is 266 g/mol. The van der Waals surface area contributed by atoms with Crippen LogP contribution in [0, 0.1) is 0 Å². The molecule has 0 spiro atoms. The van der Waals surface area contributed by atoms with E-state index in [1.54, 1.807) is 0 Å². The van der Waals surface area contributed by atoms with Crippen molar-refractivity contribution in [1.82, 2.24) is 0 Å². The molecule has 0 aliphatic carbocycles. The van der Waals surface area contributed by atoms with Crippen LogP contribution in [0.2, 0.25) is 0 Å². The molecule has 0 radical (unpaired) electrons. The maximum atomic E-state index is 10.3. The van der Waals surface area contributed by atoms with Crippen molar-refractivity contribution in [3.63, 3.8) is 0 Å². The van der Waals surface area contributed by atoms with Crippen LogP contribution in [0.5, 0.6) is 0 Å². The Bertz CT molecular complexity index is 213. The van der Waals surface area contributed by atoms with E-state index in [-0.39, 0.29) is 20.3 Å². The fraction of sp³-hybridized carbons (Fsp3) is 0.857. The van der Waals surface area contributed by atoms with Gasteiger partial charge in [0.05, 0.1) is 0 Å². The Morgan fingerprint density at radius 2 is 0.789 bits per heavy atom. The van der Waals surface area contributed by atoms with Gasteiger partial charge in [0.15, 0.2) is 0 Å². The molecule has 4 nitrogen and oxygen atoms in total. The van der Waals surface area contributed by atoms with Gasteiger partial charge in [-0.15, -0.1) is 0 Å². The summed E-state index contributed by atoms with van der Waals surface area (Å²) in [5.74, 6) is -1.40. The van der Waals surface area contributed by atoms with E-state index in [4.69, 9.17) is 10.2 Å². The summed E-state index contributed by atoms with van der Waals surface area (Å²) in [6, 6.07) is 0. The molecule has 0 aromatic heterocycles. The second kappa shape index (κ2) is 15.6. The van der Waals surface area contributed by atoms with E-state index in [1.165, 1.54) is 25.7 Å². The van der Waals surface area contributed by atoms with Gasteiger partial charge in [-0.05, 0) is 12.8 Å². The van der Waals surface area contributed by atoms with E-state index in [1.807, 2.05) is 0 Å². The van der Waals surface area contributed by atoms with Crippen LogP contribution in [0.15, 0.2) is 0 Å². The van der Waals surface area contributed by atoms with Gasteiger partial charge in [0.25, 0.3) is 0 Å². The number of aliphatic carboxylic acids is 2. The van der Waals surface area contributed by atoms with Crippen molar-refractivity contribution in [3.05, 3.63) is 0 Å². The van der Waals surface area contributed by atoms with Gasteiger partial charge in [0.1, 0.15) is 0 Å². The van der Waals surface area contributed by atoms with Gasteiger partial charge in [-0.3, -0.25) is 9.59 Å². The Hall–Kier alpha value is -0.463. The van der Waals surface area contributed by atoms with Crippen LogP contribution in [0.1, 0.15) is 78.5 Å². The minimum atomic E-state index is -0.698. The van der Waals surface area contributed by atoms with E-state index >= 15 is 0 Å². The van der Waals surface area contributed by atoms with Crippen molar-refractivity contribution in [2.24, 2.45) is 0 Å². The molecule has 19 heavy (non-hydrogen) atoms. The third kappa shape index (κ3) is 20.0. The van der Waals surface area contributed by atoms with Crippen molar-refractivity contribution in [1.29, 1.82) is 0 Å². The molecule has 0 atom stereocenters. The first kappa shape index (κ1) is 20.8. The quantitative estimate of drug-likeness (QED) is 0.384. The molecule has 0 aromatic carbocycles. The van der Waals surface area contributed by atoms with E-state index in [0.29, 0.717) is 12.8 Å². The van der Waals surface area contributed by atoms with E-state index in [2.05, 4.69) is 0 Å². The molecule has 5 heteroatoms. The largest absolute Gasteiger partial charge is 1.00 e. The van der Waals surface area contributed by atoms with Crippen molar-refractivity contribution in [3.8, 4) is 0 Å². The maximum absolute atomic E-state index is 10.3. The Morgan fingerprint density at radius 3 is 1.00 bits per heavy atom. The molecule has 108 valence electrons. The number of carbonyl (C=O) groups is 2. The Balaban J connectivity index is -0.00000144. The van der Waals surface area contributed by atoms with Crippen molar-refractivity contribution >= 4 is 11.9 Å². The van der Waals surface area contributed by atoms with Gasteiger partial charge in [-0.1, -0.05) is 51.4 Å². The molecule has 2 N–H and O–H groups in total. The Kier molecular flexibility index (Phi) is 17.1. The number of unbranched alkanes of at least 4 members (excludes halogenated alkanes) is 9. The van der Waals surface area contributed by atoms with E-state index < -0.39 is 11.9 Å². The zero-order valence-corrected chi connectivity index (χ0v) is 12.2. The fourth-order valence-electron chi connectivity index (χ4n) is 1.97. The van der Waals surface area contributed by atoms with E-state index in [9.17, 15) is 9.59 Å². The van der Waals surface area contributed by atoms with Crippen molar-refractivity contribution < 1.29 is 40.1 Å². The average Bonchev–Trinajstić information content (AvgIpc) is 2.29. The van der Waals surface area contributed by atoms with Gasteiger partial charge in [-0.25, -0.2) is 0 Å². The molecule has 0 bridgehead atoms. The maximum Gasteiger partial charge on any atom is 1.00 e. The summed E-state index contributed by atoms with van der Waals surface area (Å²) in [5.41, 5.74) is 0. The number of hydrogen-bond donors (Lipinski definition) is 2. The summed E-state index contributed by atoms with van der Waals surface area (Å²) < 4.78 is 0. The number of carboxylic acids is 2. The predicted octanol–water partition coefficient (Wildman–Crippen LogP) is 0.953. The second-order valence-electron chi connectivity index (χ2n) is 4.82. The molecule has 0 heterocycles. The first-order chi connectivity index (χ1) is 8.63. The zero-order valence-electron chi connectivity index (χ0n) is 13.2. The molecular weight excluding hydrogens is 239 g/mol. The second-order valence-corrected chi connectivity index (χ2v) is 4.82. The number of carboxylic acid groups (broad SMARTS) is 2. The fourth-order valence-corrected chi connectivity index (χ4v) is 1.97. The topological polar surface area (TPSA) is 74.6 Å². The molecule has 0 amide bonds. The number of rotatable bonds is 13. The summed E-state index contributed by atoms with van der Waals surface area (Å²) >= 11 is 0. The van der Waals surface area contributed by atoms with Crippen LogP contribution >= 0.6 is 0 Å². The Labute approximate surface area is 129 Å². The summed E-state index contributed by atoms with van der Waals surface area (Å²) in [7, 11) is 0. The normalized spacial score (nSPS) is 9.89. The summed E-state index contributed by atoms with van der Waals surface area (Å²) in [6.07, 6.45) is 11.3. The first-order valence-corrected chi connectivity index (χ1v) is 7.06. The van der Waals surface area contributed by atoms with Gasteiger partial charge in [-0.2, -0.15) is 0 Å². The molecule has 0 saturated carbocycles. The van der Waals surface area contributed by atoms with E-state index in [0.717, 1.165) is 38.5 Å². The zero-order chi connectivity index (χ0) is 13.6. The Morgan fingerprint density at radius 1 is 0.579 bits per heavy atom. The molecule has 0 unspecified atom stereocenters. The molecule has 0 saturated heterocycles. The molecule has 0 aliphatic rings. The molecule has 0 rings (SSSR count). The minimum Gasteiger partial charge on any atom is -1.00 e. The molecule has 0 aliphatic heterocycles. The van der Waals surface area contributed by atoms with Crippen molar-refractivity contribution in [2.75, 3.05) is 0 Å². The first-order valence-electron chi connectivity index (χ1n) is 7.06. The van der Waals surface area contributed by atoms with Crippen LogP contribution in [0.4, 0.5) is 0 Å². The SMILES string of the molecule is O=C(O)CCCCCCCCCCCCC(=O)O.[H-].[Li+]. The summed E-state index contributed by atoms with van der Waals surface area (Å²) in [4.78, 5) is 20.5. The van der Waals surface area contributed by atoms with Crippen LogP contribution < -0.4 is 18.9 Å². The third-order valence-corrected chi connectivity index (χ3v) is 3.03. The molecular formula is C14H27LiO4. The van der Waals surface area contributed by atoms with Gasteiger partial charge < -0.3 is 11.6 Å². The molecule has 0 fully saturated rings. The van der Waals surface area contributed by atoms with Crippen LogP contribution in [-0.2, 0) is 9.59 Å². The van der Waals surface area contributed by atoms with Gasteiger partial charge in [0, 0.05) is 12.8 Å². The predicted molar refractivity (Wildman–Crippen MR) is 71.8 cm³/mol. The van der Waals surface area contributed by atoms with Gasteiger partial charge >= 0.3 is 30.8 Å². The number of hydrogen-bond acceptors (Lipinski definition) is 2. The minimum absolute atomic E-state index is 0. The third-order valence-electron chi connectivity index (χ3n) is 3.03. The average molecular weight is 266 g/mol. The van der Waals surface area contributed by atoms with Crippen LogP contribution in [-0.4, -0.2) is 22.2 Å². The smallest absolute Gasteiger partial charge is 1.00 e. The van der Waals surface area contributed by atoms with Gasteiger partial charge in [0.2, 0.25) is 0 Å². The molecule has 0 aromatic rings. The standard InChI is InChI=1S/C14H26O4.Li.H/c15-13(16)11-9-7-5-3-1-2-4-6-8-10-12-14(17)18;;/h1-12H2,(H,15,16)(H,17,18);;/q;+1;-1. The van der Waals surface area contributed by atoms with Crippen LogP contribution in [0.25, 0.3) is 0 Å². The summed E-state index contributed by atoms with van der Waals surface area (Å²) in [5, 5.41) is 16.9. The van der Waals surface area contributed by atoms with Crippen LogP contribution in [0.3, 0.4) is 0 Å². The van der Waals surface area contributed by atoms with Crippen molar-refractivity contribution in [2.45, 2.75) is 77.0 Å².